The monoisotopic (exact) mass is 278 g/mol. The normalized spacial score (nSPS) is 13.4. The van der Waals surface area contributed by atoms with Crippen molar-refractivity contribution < 1.29 is 13.3 Å². The molecule has 0 spiro atoms. The van der Waals surface area contributed by atoms with Crippen molar-refractivity contribution in [3.63, 3.8) is 0 Å². The van der Waals surface area contributed by atoms with Crippen LogP contribution in [-0.4, -0.2) is 29.5 Å². The Morgan fingerprint density at radius 2 is 2.18 bits per heavy atom. The summed E-state index contributed by atoms with van der Waals surface area (Å²) in [4.78, 5) is 13.7. The van der Waals surface area contributed by atoms with E-state index in [0.717, 1.165) is 0 Å². The third kappa shape index (κ3) is 2.55. The van der Waals surface area contributed by atoms with Crippen molar-refractivity contribution in [3.05, 3.63) is 27.9 Å². The molecule has 0 radical (unpaired) electrons. The van der Waals surface area contributed by atoms with Crippen LogP contribution >= 0.6 is 11.6 Å². The first-order valence-corrected chi connectivity index (χ1v) is 6.80. The zero-order valence-electron chi connectivity index (χ0n) is 9.25. The topological polar surface area (TPSA) is 90.2 Å². The number of aryl methyl sites for hydroxylation is 1. The largest absolute Gasteiger partial charge is 0.309 e. The summed E-state index contributed by atoms with van der Waals surface area (Å²) < 4.78 is 24.0. The molecule has 0 N–H and O–H groups in total. The molecule has 1 atom stereocenters. The molecule has 0 aromatic carbocycles. The Balaban J connectivity index is 3.53. The molecule has 0 fully saturated rings. The Morgan fingerprint density at radius 1 is 1.59 bits per heavy atom. The first kappa shape index (κ1) is 13.9. The first-order chi connectivity index (χ1) is 7.82. The minimum absolute atomic E-state index is 0.144. The number of hydrogen-bond donors (Lipinski definition) is 0. The Bertz CT molecular complexity index is 544. The van der Waals surface area contributed by atoms with Gasteiger partial charge in [-0.1, -0.05) is 0 Å². The van der Waals surface area contributed by atoms with Gasteiger partial charge in [-0.3, -0.25) is 10.1 Å². The fourth-order valence-corrected chi connectivity index (χ4v) is 2.99. The zero-order valence-corrected chi connectivity index (χ0v) is 10.8. The van der Waals surface area contributed by atoms with Crippen molar-refractivity contribution in [2.24, 2.45) is 0 Å². The standard InChI is InChI=1S/C9H11ClN2O4S/c1-6-3-4-11-9(8(6)12(13)14)17(15,16)7(2)5-10/h3-4,7H,5H2,1-2H3. The lowest BCUT2D eigenvalue weighted by Gasteiger charge is -2.09. The Hall–Kier alpha value is -1.21. The number of pyridine rings is 1. The molecule has 0 aliphatic carbocycles. The van der Waals surface area contributed by atoms with Gasteiger partial charge in [0.15, 0.2) is 0 Å². The molecule has 8 heteroatoms. The Labute approximate surface area is 104 Å². The number of aromatic nitrogens is 1. The van der Waals surface area contributed by atoms with Gasteiger partial charge in [-0.2, -0.15) is 0 Å². The lowest BCUT2D eigenvalue weighted by molar-refractivity contribution is -0.388. The van der Waals surface area contributed by atoms with Crippen LogP contribution < -0.4 is 0 Å². The van der Waals surface area contributed by atoms with Crippen LogP contribution in [0.1, 0.15) is 12.5 Å². The predicted octanol–water partition coefficient (Wildman–Crippen LogP) is 1.70. The molecule has 0 aliphatic heterocycles. The number of nitro groups is 1. The fraction of sp³-hybridized carbons (Fsp3) is 0.444. The number of alkyl halides is 1. The third-order valence-electron chi connectivity index (χ3n) is 2.29. The van der Waals surface area contributed by atoms with E-state index in [-0.39, 0.29) is 11.4 Å². The van der Waals surface area contributed by atoms with Gasteiger partial charge in [-0.05, 0) is 19.9 Å². The van der Waals surface area contributed by atoms with Gasteiger partial charge >= 0.3 is 5.69 Å². The summed E-state index contributed by atoms with van der Waals surface area (Å²) in [6, 6.07) is 1.39. The van der Waals surface area contributed by atoms with Crippen LogP contribution in [-0.2, 0) is 9.84 Å². The molecular formula is C9H11ClN2O4S. The molecule has 17 heavy (non-hydrogen) atoms. The van der Waals surface area contributed by atoms with Crippen LogP contribution in [0.15, 0.2) is 17.3 Å². The number of rotatable bonds is 4. The van der Waals surface area contributed by atoms with Crippen LogP contribution in [0.25, 0.3) is 0 Å². The first-order valence-electron chi connectivity index (χ1n) is 4.72. The maximum atomic E-state index is 12.0. The minimum Gasteiger partial charge on any atom is -0.258 e. The number of hydrogen-bond acceptors (Lipinski definition) is 5. The molecule has 0 amide bonds. The van der Waals surface area contributed by atoms with Crippen LogP contribution in [0.3, 0.4) is 0 Å². The van der Waals surface area contributed by atoms with Crippen molar-refractivity contribution in [1.29, 1.82) is 0 Å². The number of halogens is 1. The Kier molecular flexibility index (Phi) is 4.05. The highest BCUT2D eigenvalue weighted by Gasteiger charge is 2.33. The van der Waals surface area contributed by atoms with Crippen molar-refractivity contribution in [3.8, 4) is 0 Å². The molecule has 1 rings (SSSR count). The highest BCUT2D eigenvalue weighted by Crippen LogP contribution is 2.28. The molecule has 1 aromatic rings. The summed E-state index contributed by atoms with van der Waals surface area (Å²) >= 11 is 5.48. The maximum Gasteiger partial charge on any atom is 0.309 e. The van der Waals surface area contributed by atoms with Crippen molar-refractivity contribution in [1.82, 2.24) is 4.98 Å². The molecule has 94 valence electrons. The van der Waals surface area contributed by atoms with Crippen LogP contribution in [0, 0.1) is 17.0 Å². The van der Waals surface area contributed by atoms with E-state index in [2.05, 4.69) is 4.98 Å². The molecule has 0 bridgehead atoms. The number of sulfone groups is 1. The smallest absolute Gasteiger partial charge is 0.258 e. The zero-order chi connectivity index (χ0) is 13.2. The summed E-state index contributed by atoms with van der Waals surface area (Å²) in [5, 5.41) is 9.43. The van der Waals surface area contributed by atoms with Gasteiger partial charge < -0.3 is 0 Å². The van der Waals surface area contributed by atoms with E-state index in [1.807, 2.05) is 0 Å². The molecular weight excluding hydrogens is 268 g/mol. The van der Waals surface area contributed by atoms with E-state index in [9.17, 15) is 18.5 Å². The lowest BCUT2D eigenvalue weighted by Crippen LogP contribution is -2.22. The fourth-order valence-electron chi connectivity index (χ4n) is 1.23. The third-order valence-corrected chi connectivity index (χ3v) is 5.00. The van der Waals surface area contributed by atoms with E-state index in [1.165, 1.54) is 26.1 Å². The van der Waals surface area contributed by atoms with Crippen molar-refractivity contribution >= 4 is 27.1 Å². The van der Waals surface area contributed by atoms with E-state index in [0.29, 0.717) is 0 Å². The van der Waals surface area contributed by atoms with Gasteiger partial charge in [0.05, 0.1) is 10.2 Å². The second-order valence-corrected chi connectivity index (χ2v) is 6.14. The average molecular weight is 279 g/mol. The highest BCUT2D eigenvalue weighted by molar-refractivity contribution is 7.92. The van der Waals surface area contributed by atoms with Gasteiger partial charge in [0.2, 0.25) is 14.9 Å². The maximum absolute atomic E-state index is 12.0. The highest BCUT2D eigenvalue weighted by atomic mass is 35.5. The molecule has 6 nitrogen and oxygen atoms in total. The van der Waals surface area contributed by atoms with Crippen LogP contribution in [0.2, 0.25) is 0 Å². The Morgan fingerprint density at radius 3 is 2.65 bits per heavy atom. The summed E-state index contributed by atoms with van der Waals surface area (Å²) in [5.41, 5.74) is -0.227. The second kappa shape index (κ2) is 4.97. The summed E-state index contributed by atoms with van der Waals surface area (Å²) in [6.07, 6.45) is 1.23. The molecule has 1 unspecified atom stereocenters. The van der Waals surface area contributed by atoms with Crippen LogP contribution in [0.4, 0.5) is 5.69 Å². The van der Waals surface area contributed by atoms with Gasteiger partial charge in [0, 0.05) is 17.6 Å². The molecule has 1 aromatic heterocycles. The lowest BCUT2D eigenvalue weighted by atomic mass is 10.3. The van der Waals surface area contributed by atoms with E-state index >= 15 is 0 Å². The summed E-state index contributed by atoms with van der Waals surface area (Å²) in [6.45, 7) is 2.85. The van der Waals surface area contributed by atoms with E-state index < -0.39 is 30.7 Å². The van der Waals surface area contributed by atoms with Gasteiger partial charge in [-0.15, -0.1) is 11.6 Å². The average Bonchev–Trinajstić information content (AvgIpc) is 2.26. The van der Waals surface area contributed by atoms with E-state index in [4.69, 9.17) is 11.6 Å². The quantitative estimate of drug-likeness (QED) is 0.475. The van der Waals surface area contributed by atoms with Gasteiger partial charge in [0.1, 0.15) is 0 Å². The summed E-state index contributed by atoms with van der Waals surface area (Å²) in [5.74, 6) is -0.144. The summed E-state index contributed by atoms with van der Waals surface area (Å²) in [7, 11) is -3.87. The molecule has 0 saturated carbocycles. The minimum atomic E-state index is -3.87. The van der Waals surface area contributed by atoms with Crippen LogP contribution in [0.5, 0.6) is 0 Å². The van der Waals surface area contributed by atoms with Gasteiger partial charge in [-0.25, -0.2) is 13.4 Å². The van der Waals surface area contributed by atoms with E-state index in [1.54, 1.807) is 0 Å². The molecule has 1 heterocycles. The molecule has 0 aliphatic rings. The number of nitrogens with zero attached hydrogens (tertiary/aromatic N) is 2. The van der Waals surface area contributed by atoms with Gasteiger partial charge in [0.25, 0.3) is 0 Å². The SMILES string of the molecule is Cc1ccnc(S(=O)(=O)C(C)CCl)c1[N+](=O)[O-]. The second-order valence-electron chi connectivity index (χ2n) is 3.55. The van der Waals surface area contributed by atoms with Crippen molar-refractivity contribution in [2.45, 2.75) is 24.1 Å². The molecule has 0 saturated heterocycles. The predicted molar refractivity (Wildman–Crippen MR) is 63.0 cm³/mol. The van der Waals surface area contributed by atoms with Crippen molar-refractivity contribution in [2.75, 3.05) is 5.88 Å².